The second-order valence-electron chi connectivity index (χ2n) is 2.74. The number of benzene rings is 1. The van der Waals surface area contributed by atoms with Crippen LogP contribution in [0.25, 0.3) is 6.08 Å². The summed E-state index contributed by atoms with van der Waals surface area (Å²) >= 11 is 1.77. The van der Waals surface area contributed by atoms with Crippen molar-refractivity contribution in [2.75, 3.05) is 5.75 Å². The molecule has 1 aromatic rings. The first-order chi connectivity index (χ1) is 6.72. The summed E-state index contributed by atoms with van der Waals surface area (Å²) in [5, 5.41) is 0. The summed E-state index contributed by atoms with van der Waals surface area (Å²) in [5.74, 6) is 0.627. The fourth-order valence-corrected chi connectivity index (χ4v) is 1.78. The predicted molar refractivity (Wildman–Crippen MR) is 61.1 cm³/mol. The molecule has 1 amide bonds. The lowest BCUT2D eigenvalue weighted by Gasteiger charge is -1.99. The molecule has 0 atom stereocenters. The molecule has 0 saturated carbocycles. The highest BCUT2D eigenvalue weighted by molar-refractivity contribution is 7.99. The Morgan fingerprint density at radius 3 is 3.00 bits per heavy atom. The lowest BCUT2D eigenvalue weighted by molar-refractivity contribution is -0.113. The smallest absolute Gasteiger partial charge is 0.241 e. The van der Waals surface area contributed by atoms with Crippen molar-refractivity contribution in [3.8, 4) is 0 Å². The highest BCUT2D eigenvalue weighted by Gasteiger charge is 1.92. The van der Waals surface area contributed by atoms with E-state index in [2.05, 4.69) is 13.0 Å². The lowest BCUT2D eigenvalue weighted by atomic mass is 10.2. The number of nitrogens with two attached hydrogens (primary N) is 1. The van der Waals surface area contributed by atoms with E-state index in [0.717, 1.165) is 11.3 Å². The predicted octanol–water partition coefficient (Wildman–Crippen LogP) is 2.30. The van der Waals surface area contributed by atoms with E-state index in [-0.39, 0.29) is 0 Å². The maximum atomic E-state index is 10.5. The molecule has 1 aromatic carbocycles. The van der Waals surface area contributed by atoms with Gasteiger partial charge in [-0.3, -0.25) is 4.79 Å². The first kappa shape index (κ1) is 10.9. The van der Waals surface area contributed by atoms with E-state index < -0.39 is 5.91 Å². The minimum absolute atomic E-state index is 0.418. The molecule has 0 spiro atoms. The van der Waals surface area contributed by atoms with Crippen molar-refractivity contribution in [1.82, 2.24) is 0 Å². The number of amides is 1. The highest BCUT2D eigenvalue weighted by atomic mass is 32.2. The van der Waals surface area contributed by atoms with Gasteiger partial charge in [-0.1, -0.05) is 19.1 Å². The molecule has 0 unspecified atom stereocenters. The minimum Gasteiger partial charge on any atom is -0.366 e. The zero-order valence-corrected chi connectivity index (χ0v) is 8.88. The molecule has 2 nitrogen and oxygen atoms in total. The topological polar surface area (TPSA) is 43.1 Å². The van der Waals surface area contributed by atoms with Crippen LogP contribution in [0.2, 0.25) is 0 Å². The first-order valence-corrected chi connectivity index (χ1v) is 5.41. The average molecular weight is 207 g/mol. The van der Waals surface area contributed by atoms with Crippen LogP contribution in [0.5, 0.6) is 0 Å². The van der Waals surface area contributed by atoms with Gasteiger partial charge in [0.1, 0.15) is 0 Å². The second kappa shape index (κ2) is 5.50. The molecular formula is C11H13NOS. The molecule has 0 saturated heterocycles. The van der Waals surface area contributed by atoms with Gasteiger partial charge in [0.15, 0.2) is 0 Å². The molecule has 0 aromatic heterocycles. The quantitative estimate of drug-likeness (QED) is 0.608. The molecule has 0 fully saturated rings. The molecule has 14 heavy (non-hydrogen) atoms. The molecule has 0 radical (unpaired) electrons. The van der Waals surface area contributed by atoms with Gasteiger partial charge in [-0.05, 0) is 29.5 Å². The molecule has 1 rings (SSSR count). The first-order valence-electron chi connectivity index (χ1n) is 4.42. The van der Waals surface area contributed by atoms with Crippen LogP contribution in [0.15, 0.2) is 35.2 Å². The van der Waals surface area contributed by atoms with Gasteiger partial charge in [0, 0.05) is 11.0 Å². The van der Waals surface area contributed by atoms with Gasteiger partial charge in [-0.25, -0.2) is 0 Å². The molecule has 0 heterocycles. The number of hydrogen-bond donors (Lipinski definition) is 1. The molecule has 0 bridgehead atoms. The molecule has 0 aliphatic heterocycles. The Bertz CT molecular complexity index is 347. The Morgan fingerprint density at radius 2 is 2.36 bits per heavy atom. The van der Waals surface area contributed by atoms with Crippen LogP contribution < -0.4 is 5.73 Å². The molecule has 0 aliphatic carbocycles. The van der Waals surface area contributed by atoms with Crippen LogP contribution in [-0.2, 0) is 4.79 Å². The average Bonchev–Trinajstić information content (AvgIpc) is 2.16. The van der Waals surface area contributed by atoms with E-state index in [9.17, 15) is 4.79 Å². The van der Waals surface area contributed by atoms with E-state index in [0.29, 0.717) is 0 Å². The zero-order chi connectivity index (χ0) is 10.4. The summed E-state index contributed by atoms with van der Waals surface area (Å²) in [6.45, 7) is 2.11. The molecule has 0 aliphatic rings. The Morgan fingerprint density at radius 1 is 1.57 bits per heavy atom. The maximum absolute atomic E-state index is 10.5. The zero-order valence-electron chi connectivity index (χ0n) is 8.07. The normalized spacial score (nSPS) is 10.6. The second-order valence-corrected chi connectivity index (χ2v) is 4.08. The van der Waals surface area contributed by atoms with Crippen molar-refractivity contribution < 1.29 is 4.79 Å². The van der Waals surface area contributed by atoms with E-state index in [1.807, 2.05) is 18.2 Å². The number of carbonyl (C=O) groups is 1. The monoisotopic (exact) mass is 207 g/mol. The molecule has 2 N–H and O–H groups in total. The standard InChI is InChI=1S/C11H13NOS/c1-2-14-10-5-3-4-9(8-10)6-7-11(12)13/h3-8H,2H2,1H3,(H2,12,13). The van der Waals surface area contributed by atoms with Gasteiger partial charge in [0.05, 0.1) is 0 Å². The molecule has 74 valence electrons. The van der Waals surface area contributed by atoms with Crippen LogP contribution in [-0.4, -0.2) is 11.7 Å². The highest BCUT2D eigenvalue weighted by Crippen LogP contribution is 2.18. The summed E-state index contributed by atoms with van der Waals surface area (Å²) in [6, 6.07) is 8.00. The van der Waals surface area contributed by atoms with Crippen molar-refractivity contribution in [3.05, 3.63) is 35.9 Å². The summed E-state index contributed by atoms with van der Waals surface area (Å²) in [7, 11) is 0. The summed E-state index contributed by atoms with van der Waals surface area (Å²) < 4.78 is 0. The molecule has 3 heteroatoms. The van der Waals surface area contributed by atoms with E-state index >= 15 is 0 Å². The third-order valence-electron chi connectivity index (χ3n) is 1.61. The maximum Gasteiger partial charge on any atom is 0.241 e. The Labute approximate surface area is 88.2 Å². The van der Waals surface area contributed by atoms with Gasteiger partial charge >= 0.3 is 0 Å². The van der Waals surface area contributed by atoms with E-state index in [1.54, 1.807) is 17.8 Å². The Hall–Kier alpha value is -1.22. The summed E-state index contributed by atoms with van der Waals surface area (Å²) in [5.41, 5.74) is 6.01. The summed E-state index contributed by atoms with van der Waals surface area (Å²) in [4.78, 5) is 11.7. The van der Waals surface area contributed by atoms with Crippen molar-refractivity contribution >= 4 is 23.7 Å². The Balaban J connectivity index is 2.77. The largest absolute Gasteiger partial charge is 0.366 e. The van der Waals surface area contributed by atoms with Gasteiger partial charge < -0.3 is 5.73 Å². The number of rotatable bonds is 4. The van der Waals surface area contributed by atoms with Crippen molar-refractivity contribution in [2.45, 2.75) is 11.8 Å². The van der Waals surface area contributed by atoms with Crippen molar-refractivity contribution in [3.63, 3.8) is 0 Å². The van der Waals surface area contributed by atoms with Crippen molar-refractivity contribution in [1.29, 1.82) is 0 Å². The van der Waals surface area contributed by atoms with Crippen LogP contribution in [0.1, 0.15) is 12.5 Å². The Kier molecular flexibility index (Phi) is 4.26. The lowest BCUT2D eigenvalue weighted by Crippen LogP contribution is -2.05. The fraction of sp³-hybridized carbons (Fsp3) is 0.182. The fourth-order valence-electron chi connectivity index (χ4n) is 1.05. The van der Waals surface area contributed by atoms with Gasteiger partial charge in [-0.15, -0.1) is 11.8 Å². The summed E-state index contributed by atoms with van der Waals surface area (Å²) in [6.07, 6.45) is 3.10. The van der Waals surface area contributed by atoms with Crippen LogP contribution >= 0.6 is 11.8 Å². The van der Waals surface area contributed by atoms with Crippen molar-refractivity contribution in [2.24, 2.45) is 5.73 Å². The van der Waals surface area contributed by atoms with Gasteiger partial charge in [-0.2, -0.15) is 0 Å². The van der Waals surface area contributed by atoms with Crippen LogP contribution in [0.3, 0.4) is 0 Å². The third kappa shape index (κ3) is 3.66. The van der Waals surface area contributed by atoms with Gasteiger partial charge in [0.25, 0.3) is 0 Å². The number of primary amides is 1. The number of thioether (sulfide) groups is 1. The van der Waals surface area contributed by atoms with E-state index in [1.165, 1.54) is 11.0 Å². The number of hydrogen-bond acceptors (Lipinski definition) is 2. The number of carbonyl (C=O) groups excluding carboxylic acids is 1. The van der Waals surface area contributed by atoms with E-state index in [4.69, 9.17) is 5.73 Å². The minimum atomic E-state index is -0.418. The SMILES string of the molecule is CCSc1cccc(C=CC(N)=O)c1. The third-order valence-corrected chi connectivity index (χ3v) is 2.49. The van der Waals surface area contributed by atoms with Crippen LogP contribution in [0.4, 0.5) is 0 Å². The molecular weight excluding hydrogens is 194 g/mol. The van der Waals surface area contributed by atoms with Crippen LogP contribution in [0, 0.1) is 0 Å². The van der Waals surface area contributed by atoms with Gasteiger partial charge in [0.2, 0.25) is 5.91 Å².